The van der Waals surface area contributed by atoms with Crippen molar-refractivity contribution >= 4 is 34.3 Å². The summed E-state index contributed by atoms with van der Waals surface area (Å²) in [5.74, 6) is 0.167. The van der Waals surface area contributed by atoms with Crippen LogP contribution in [0.2, 0.25) is 0 Å². The van der Waals surface area contributed by atoms with E-state index < -0.39 is 0 Å². The molecular weight excluding hydrogens is 272 g/mol. The number of amides is 2. The molecular formula is C14H14N4O3. The molecule has 0 fully saturated rings. The molecule has 1 aromatic heterocycles. The van der Waals surface area contributed by atoms with E-state index in [0.717, 1.165) is 5.52 Å². The number of carbonyl (C=O) groups excluding carboxylic acids is 2. The van der Waals surface area contributed by atoms with E-state index in [1.165, 1.54) is 12.1 Å². The fourth-order valence-electron chi connectivity index (χ4n) is 2.15. The summed E-state index contributed by atoms with van der Waals surface area (Å²) in [7, 11) is 1.54. The predicted octanol–water partition coefficient (Wildman–Crippen LogP) is 1.68. The highest BCUT2D eigenvalue weighted by Crippen LogP contribution is 2.20. The van der Waals surface area contributed by atoms with Crippen molar-refractivity contribution in [2.24, 2.45) is 5.10 Å². The van der Waals surface area contributed by atoms with Gasteiger partial charge in [0.25, 0.3) is 5.91 Å². The molecule has 21 heavy (non-hydrogen) atoms. The van der Waals surface area contributed by atoms with Crippen molar-refractivity contribution in [1.29, 1.82) is 0 Å². The second-order valence-corrected chi connectivity index (χ2v) is 4.83. The molecule has 0 unspecified atom stereocenters. The molecule has 2 aromatic rings. The van der Waals surface area contributed by atoms with Gasteiger partial charge in [-0.15, -0.1) is 0 Å². The van der Waals surface area contributed by atoms with Crippen LogP contribution in [0.15, 0.2) is 27.7 Å². The summed E-state index contributed by atoms with van der Waals surface area (Å²) < 4.78 is 5.42. The van der Waals surface area contributed by atoms with Crippen molar-refractivity contribution in [2.45, 2.75) is 19.8 Å². The summed E-state index contributed by atoms with van der Waals surface area (Å²) in [5.41, 5.74) is 2.30. The third-order valence-corrected chi connectivity index (χ3v) is 3.22. The number of aromatic nitrogens is 1. The van der Waals surface area contributed by atoms with Gasteiger partial charge in [0.1, 0.15) is 11.2 Å². The number of oxazole rings is 1. The molecule has 0 atom stereocenters. The Hall–Kier alpha value is -2.70. The van der Waals surface area contributed by atoms with Crippen LogP contribution in [-0.4, -0.2) is 34.6 Å². The molecule has 0 radical (unpaired) electrons. The maximum atomic E-state index is 12.1. The molecule has 1 aliphatic rings. The topological polar surface area (TPSA) is 87.8 Å². The first-order chi connectivity index (χ1) is 10.0. The largest absolute Gasteiger partial charge is 0.441 e. The number of hydrogen-bond donors (Lipinski definition) is 1. The fraction of sp³-hybridized carbons (Fsp3) is 0.286. The van der Waals surface area contributed by atoms with E-state index in [9.17, 15) is 9.59 Å². The standard InChI is InChI=1S/C14H14N4O3/c1-8-15-10-4-3-9(7-12(10)21-8)16-14(20)11-5-6-13(19)18(2)17-11/h3-4,7H,5-6H2,1-2H3,(H,16,20). The normalized spacial score (nSPS) is 15.2. The van der Waals surface area contributed by atoms with Crippen molar-refractivity contribution in [3.05, 3.63) is 24.1 Å². The third-order valence-electron chi connectivity index (χ3n) is 3.22. The molecule has 0 saturated heterocycles. The Bertz CT molecular complexity index is 763. The maximum Gasteiger partial charge on any atom is 0.271 e. The molecule has 3 rings (SSSR count). The number of hydrogen-bond acceptors (Lipinski definition) is 5. The Morgan fingerprint density at radius 2 is 2.19 bits per heavy atom. The Morgan fingerprint density at radius 3 is 2.95 bits per heavy atom. The number of hydrazone groups is 1. The van der Waals surface area contributed by atoms with Crippen LogP contribution < -0.4 is 5.32 Å². The van der Waals surface area contributed by atoms with Crippen LogP contribution in [0.3, 0.4) is 0 Å². The van der Waals surface area contributed by atoms with Crippen LogP contribution in [0.4, 0.5) is 5.69 Å². The first-order valence-corrected chi connectivity index (χ1v) is 6.55. The zero-order chi connectivity index (χ0) is 15.0. The van der Waals surface area contributed by atoms with Crippen molar-refractivity contribution in [3.8, 4) is 0 Å². The first-order valence-electron chi connectivity index (χ1n) is 6.55. The summed E-state index contributed by atoms with van der Waals surface area (Å²) >= 11 is 0. The smallest absolute Gasteiger partial charge is 0.271 e. The van der Waals surface area contributed by atoms with E-state index in [4.69, 9.17) is 4.42 Å². The Kier molecular flexibility index (Phi) is 3.17. The Labute approximate surface area is 120 Å². The predicted molar refractivity (Wildman–Crippen MR) is 76.8 cm³/mol. The number of aryl methyl sites for hydroxylation is 1. The minimum absolute atomic E-state index is 0.0925. The molecule has 1 aliphatic heterocycles. The van der Waals surface area contributed by atoms with Gasteiger partial charge in [0.2, 0.25) is 5.91 Å². The lowest BCUT2D eigenvalue weighted by Gasteiger charge is -2.18. The minimum atomic E-state index is -0.315. The van der Waals surface area contributed by atoms with Crippen LogP contribution in [0.1, 0.15) is 18.7 Å². The number of fused-ring (bicyclic) bond motifs is 1. The highest BCUT2D eigenvalue weighted by atomic mass is 16.3. The molecule has 108 valence electrons. The van der Waals surface area contributed by atoms with Gasteiger partial charge in [-0.05, 0) is 12.1 Å². The number of carbonyl (C=O) groups is 2. The summed E-state index contributed by atoms with van der Waals surface area (Å²) in [6.07, 6.45) is 0.641. The van der Waals surface area contributed by atoms with Gasteiger partial charge in [0.05, 0.1) is 0 Å². The van der Waals surface area contributed by atoms with E-state index in [-0.39, 0.29) is 11.8 Å². The van der Waals surface area contributed by atoms with Gasteiger partial charge in [0.15, 0.2) is 11.5 Å². The quantitative estimate of drug-likeness (QED) is 0.909. The number of nitrogens with one attached hydrogen (secondary N) is 1. The zero-order valence-corrected chi connectivity index (χ0v) is 11.7. The number of nitrogens with zero attached hydrogens (tertiary/aromatic N) is 3. The van der Waals surface area contributed by atoms with E-state index in [0.29, 0.717) is 35.7 Å². The minimum Gasteiger partial charge on any atom is -0.441 e. The lowest BCUT2D eigenvalue weighted by atomic mass is 10.1. The highest BCUT2D eigenvalue weighted by Gasteiger charge is 2.22. The SMILES string of the molecule is Cc1nc2ccc(NC(=O)C3=NN(C)C(=O)CC3)cc2o1. The lowest BCUT2D eigenvalue weighted by Crippen LogP contribution is -2.34. The molecule has 7 nitrogen and oxygen atoms in total. The highest BCUT2D eigenvalue weighted by molar-refractivity contribution is 6.43. The molecule has 0 bridgehead atoms. The van der Waals surface area contributed by atoms with Gasteiger partial charge in [-0.3, -0.25) is 9.59 Å². The Balaban J connectivity index is 1.80. The van der Waals surface area contributed by atoms with Crippen molar-refractivity contribution in [3.63, 3.8) is 0 Å². The summed E-state index contributed by atoms with van der Waals surface area (Å²) in [6, 6.07) is 5.24. The molecule has 2 amide bonds. The van der Waals surface area contributed by atoms with E-state index in [1.807, 2.05) is 0 Å². The summed E-state index contributed by atoms with van der Waals surface area (Å²) in [6.45, 7) is 1.77. The molecule has 1 N–H and O–H groups in total. The Morgan fingerprint density at radius 1 is 1.38 bits per heavy atom. The van der Waals surface area contributed by atoms with Gasteiger partial charge >= 0.3 is 0 Å². The van der Waals surface area contributed by atoms with E-state index >= 15 is 0 Å². The lowest BCUT2D eigenvalue weighted by molar-refractivity contribution is -0.130. The first kappa shape index (κ1) is 13.3. The molecule has 7 heteroatoms. The molecule has 0 spiro atoms. The maximum absolute atomic E-state index is 12.1. The molecule has 2 heterocycles. The van der Waals surface area contributed by atoms with Crippen molar-refractivity contribution in [1.82, 2.24) is 9.99 Å². The van der Waals surface area contributed by atoms with E-state index in [1.54, 1.807) is 25.1 Å². The summed E-state index contributed by atoms with van der Waals surface area (Å²) in [4.78, 5) is 27.7. The number of benzene rings is 1. The van der Waals surface area contributed by atoms with Gasteiger partial charge in [0, 0.05) is 38.6 Å². The van der Waals surface area contributed by atoms with Crippen LogP contribution in [0, 0.1) is 6.92 Å². The molecule has 0 aliphatic carbocycles. The third kappa shape index (κ3) is 2.62. The van der Waals surface area contributed by atoms with Gasteiger partial charge < -0.3 is 9.73 Å². The van der Waals surface area contributed by atoms with Gasteiger partial charge in [-0.25, -0.2) is 9.99 Å². The second-order valence-electron chi connectivity index (χ2n) is 4.83. The molecule has 0 saturated carbocycles. The average Bonchev–Trinajstić information content (AvgIpc) is 2.81. The van der Waals surface area contributed by atoms with Crippen LogP contribution in [-0.2, 0) is 9.59 Å². The van der Waals surface area contributed by atoms with Crippen LogP contribution in [0.25, 0.3) is 11.1 Å². The summed E-state index contributed by atoms with van der Waals surface area (Å²) in [5, 5.41) is 7.93. The van der Waals surface area contributed by atoms with Crippen LogP contribution in [0.5, 0.6) is 0 Å². The van der Waals surface area contributed by atoms with Crippen LogP contribution >= 0.6 is 0 Å². The average molecular weight is 286 g/mol. The zero-order valence-electron chi connectivity index (χ0n) is 11.7. The van der Waals surface area contributed by atoms with Crippen molar-refractivity contribution < 1.29 is 14.0 Å². The monoisotopic (exact) mass is 286 g/mol. The van der Waals surface area contributed by atoms with Crippen molar-refractivity contribution in [2.75, 3.05) is 12.4 Å². The number of rotatable bonds is 2. The second kappa shape index (κ2) is 5.01. The van der Waals surface area contributed by atoms with Gasteiger partial charge in [-0.2, -0.15) is 5.10 Å². The fourth-order valence-corrected chi connectivity index (χ4v) is 2.15. The molecule has 1 aromatic carbocycles. The van der Waals surface area contributed by atoms with Gasteiger partial charge in [-0.1, -0.05) is 0 Å². The number of anilines is 1. The van der Waals surface area contributed by atoms with E-state index in [2.05, 4.69) is 15.4 Å².